The van der Waals surface area contributed by atoms with Crippen molar-refractivity contribution in [2.75, 3.05) is 13.1 Å². The van der Waals surface area contributed by atoms with Crippen molar-refractivity contribution in [2.45, 2.75) is 43.9 Å². The number of nitrogens with one attached hydrogen (secondary N) is 3. The summed E-state index contributed by atoms with van der Waals surface area (Å²) in [5, 5.41) is 3.44. The molecular formula is C22H27N5O. The van der Waals surface area contributed by atoms with Crippen molar-refractivity contribution in [3.05, 3.63) is 54.4 Å². The molecule has 6 nitrogen and oxygen atoms in total. The Morgan fingerprint density at radius 1 is 1.11 bits per heavy atom. The zero-order valence-electron chi connectivity index (χ0n) is 16.0. The Labute approximate surface area is 165 Å². The van der Waals surface area contributed by atoms with Crippen LogP contribution in [0.5, 0.6) is 0 Å². The molecule has 146 valence electrons. The van der Waals surface area contributed by atoms with Crippen molar-refractivity contribution >= 4 is 5.91 Å². The van der Waals surface area contributed by atoms with Crippen LogP contribution < -0.4 is 16.2 Å². The molecular weight excluding hydrogens is 350 g/mol. The van der Waals surface area contributed by atoms with E-state index in [1.54, 1.807) is 6.20 Å². The van der Waals surface area contributed by atoms with Gasteiger partial charge in [-0.3, -0.25) is 15.2 Å². The van der Waals surface area contributed by atoms with Gasteiger partial charge < -0.3 is 10.2 Å². The largest absolute Gasteiger partial charge is 0.334 e. The minimum Gasteiger partial charge on any atom is -0.334 e. The third-order valence-electron chi connectivity index (χ3n) is 6.19. The van der Waals surface area contributed by atoms with E-state index in [9.17, 15) is 4.79 Å². The molecule has 1 aromatic carbocycles. The molecule has 0 bridgehead atoms. The van der Waals surface area contributed by atoms with Gasteiger partial charge in [0.1, 0.15) is 6.04 Å². The van der Waals surface area contributed by atoms with E-state index in [1.807, 2.05) is 12.3 Å². The highest BCUT2D eigenvalue weighted by molar-refractivity contribution is 5.83. The molecule has 6 heteroatoms. The predicted molar refractivity (Wildman–Crippen MR) is 108 cm³/mol. The summed E-state index contributed by atoms with van der Waals surface area (Å²) in [4.78, 5) is 19.7. The van der Waals surface area contributed by atoms with Gasteiger partial charge in [-0.25, -0.2) is 5.43 Å². The van der Waals surface area contributed by atoms with Crippen molar-refractivity contribution < 1.29 is 4.79 Å². The quantitative estimate of drug-likeness (QED) is 0.740. The van der Waals surface area contributed by atoms with Gasteiger partial charge in [0.25, 0.3) is 0 Å². The molecule has 1 aromatic heterocycles. The van der Waals surface area contributed by atoms with Gasteiger partial charge in [-0.05, 0) is 54.6 Å². The minimum atomic E-state index is -0.139. The zero-order chi connectivity index (χ0) is 18.9. The second kappa shape index (κ2) is 7.62. The third-order valence-corrected chi connectivity index (χ3v) is 6.19. The molecule has 3 aliphatic rings. The summed E-state index contributed by atoms with van der Waals surface area (Å²) in [6, 6.07) is 13.1. The van der Waals surface area contributed by atoms with Gasteiger partial charge in [0.2, 0.25) is 5.91 Å². The smallest absolute Gasteiger partial charge is 0.242 e. The normalized spacial score (nSPS) is 26.6. The van der Waals surface area contributed by atoms with Crippen LogP contribution in [0.4, 0.5) is 0 Å². The van der Waals surface area contributed by atoms with Crippen molar-refractivity contribution in [3.63, 3.8) is 0 Å². The molecule has 1 aliphatic carbocycles. The lowest BCUT2D eigenvalue weighted by Crippen LogP contribution is -2.51. The first kappa shape index (κ1) is 17.8. The van der Waals surface area contributed by atoms with Crippen LogP contribution in [0.1, 0.15) is 24.8 Å². The van der Waals surface area contributed by atoms with Crippen LogP contribution in [-0.4, -0.2) is 47.0 Å². The van der Waals surface area contributed by atoms with Crippen molar-refractivity contribution in [2.24, 2.45) is 5.92 Å². The van der Waals surface area contributed by atoms with E-state index in [4.69, 9.17) is 0 Å². The maximum atomic E-state index is 13.4. The molecule has 0 radical (unpaired) electrons. The van der Waals surface area contributed by atoms with Crippen LogP contribution in [0.25, 0.3) is 11.1 Å². The van der Waals surface area contributed by atoms with Gasteiger partial charge in [0, 0.05) is 43.5 Å². The summed E-state index contributed by atoms with van der Waals surface area (Å²) >= 11 is 0. The van der Waals surface area contributed by atoms with E-state index in [0.717, 1.165) is 43.5 Å². The van der Waals surface area contributed by atoms with Crippen LogP contribution in [0.3, 0.4) is 0 Å². The van der Waals surface area contributed by atoms with E-state index in [1.165, 1.54) is 5.56 Å². The summed E-state index contributed by atoms with van der Waals surface area (Å²) in [6.07, 6.45) is 6.96. The Morgan fingerprint density at radius 3 is 2.82 bits per heavy atom. The Hall–Kier alpha value is -2.28. The highest BCUT2D eigenvalue weighted by atomic mass is 16.2. The summed E-state index contributed by atoms with van der Waals surface area (Å²) in [6.45, 7) is 2.58. The van der Waals surface area contributed by atoms with Gasteiger partial charge in [0.05, 0.1) is 0 Å². The lowest BCUT2D eigenvalue weighted by Gasteiger charge is -2.31. The number of hydrogen-bond donors (Lipinski definition) is 3. The third kappa shape index (κ3) is 3.55. The highest BCUT2D eigenvalue weighted by Crippen LogP contribution is 2.32. The number of piperidine rings is 1. The van der Waals surface area contributed by atoms with E-state index in [0.29, 0.717) is 24.5 Å². The van der Waals surface area contributed by atoms with Gasteiger partial charge in [-0.15, -0.1) is 0 Å². The first-order chi connectivity index (χ1) is 13.8. The number of nitrogens with zero attached hydrogens (tertiary/aromatic N) is 2. The summed E-state index contributed by atoms with van der Waals surface area (Å²) < 4.78 is 0. The number of hydrazine groups is 1. The Morgan fingerprint density at radius 2 is 2.00 bits per heavy atom. The predicted octanol–water partition coefficient (Wildman–Crippen LogP) is 1.69. The maximum Gasteiger partial charge on any atom is 0.242 e. The van der Waals surface area contributed by atoms with Crippen molar-refractivity contribution in [3.8, 4) is 11.1 Å². The molecule has 2 saturated heterocycles. The van der Waals surface area contributed by atoms with E-state index in [-0.39, 0.29) is 11.9 Å². The Kier molecular flexibility index (Phi) is 4.84. The number of rotatable bonds is 5. The molecule has 28 heavy (non-hydrogen) atoms. The first-order valence-electron chi connectivity index (χ1n) is 10.3. The highest BCUT2D eigenvalue weighted by Gasteiger charge is 2.45. The molecule has 3 atom stereocenters. The van der Waals surface area contributed by atoms with Crippen molar-refractivity contribution in [1.82, 2.24) is 26.1 Å². The van der Waals surface area contributed by atoms with Crippen LogP contribution in [0.15, 0.2) is 48.8 Å². The number of fused-ring (bicyclic) bond motifs is 1. The molecule has 1 amide bonds. The van der Waals surface area contributed by atoms with Crippen LogP contribution >= 0.6 is 0 Å². The number of hydrogen-bond acceptors (Lipinski definition) is 5. The van der Waals surface area contributed by atoms with E-state index in [2.05, 4.69) is 56.4 Å². The molecule has 2 aromatic rings. The average molecular weight is 377 g/mol. The lowest BCUT2D eigenvalue weighted by atomic mass is 9.88. The monoisotopic (exact) mass is 377 g/mol. The van der Waals surface area contributed by atoms with Gasteiger partial charge >= 0.3 is 0 Å². The molecule has 3 unspecified atom stereocenters. The fourth-order valence-corrected chi connectivity index (χ4v) is 4.49. The van der Waals surface area contributed by atoms with Gasteiger partial charge in [0.15, 0.2) is 0 Å². The number of aromatic nitrogens is 1. The summed E-state index contributed by atoms with van der Waals surface area (Å²) in [5.41, 5.74) is 10.1. The molecule has 3 heterocycles. The second-order valence-corrected chi connectivity index (χ2v) is 8.17. The number of benzene rings is 1. The molecule has 5 rings (SSSR count). The number of carbonyl (C=O) groups is 1. The Balaban J connectivity index is 1.35. The van der Waals surface area contributed by atoms with Crippen LogP contribution in [0, 0.1) is 5.92 Å². The van der Waals surface area contributed by atoms with Gasteiger partial charge in [-0.1, -0.05) is 24.3 Å². The molecule has 1 saturated carbocycles. The second-order valence-electron chi connectivity index (χ2n) is 8.17. The molecule has 3 fully saturated rings. The zero-order valence-corrected chi connectivity index (χ0v) is 16.0. The molecule has 3 N–H and O–H groups in total. The fraction of sp³-hybridized carbons (Fsp3) is 0.455. The van der Waals surface area contributed by atoms with Gasteiger partial charge in [-0.2, -0.15) is 0 Å². The first-order valence-corrected chi connectivity index (χ1v) is 10.3. The topological polar surface area (TPSA) is 69.3 Å². The summed E-state index contributed by atoms with van der Waals surface area (Å²) in [5.74, 6) is 0.558. The maximum absolute atomic E-state index is 13.4. The fourth-order valence-electron chi connectivity index (χ4n) is 4.49. The van der Waals surface area contributed by atoms with Crippen LogP contribution in [-0.2, 0) is 11.3 Å². The lowest BCUT2D eigenvalue weighted by molar-refractivity contribution is -0.135. The number of pyridine rings is 1. The Bertz CT molecular complexity index is 838. The SMILES string of the molecule is O=C(C1NNC2CCNCC21)N(Cc1cccc(-c2cccnc2)c1)C1CC1. The standard InChI is InChI=1S/C22H27N5O/c28-22(21-19-13-24-10-8-20(19)25-26-21)27(18-6-7-18)14-15-3-1-4-16(11-15)17-5-2-9-23-12-17/h1-5,9,11-12,18-21,24-26H,6-8,10,13-14H2. The molecule has 0 spiro atoms. The summed E-state index contributed by atoms with van der Waals surface area (Å²) in [7, 11) is 0. The van der Waals surface area contributed by atoms with Crippen molar-refractivity contribution in [1.29, 1.82) is 0 Å². The average Bonchev–Trinajstić information content (AvgIpc) is 3.50. The van der Waals surface area contributed by atoms with E-state index < -0.39 is 0 Å². The van der Waals surface area contributed by atoms with Crippen LogP contribution in [0.2, 0.25) is 0 Å². The van der Waals surface area contributed by atoms with E-state index >= 15 is 0 Å². The number of amides is 1. The molecule has 2 aliphatic heterocycles. The minimum absolute atomic E-state index is 0.139. The number of carbonyl (C=O) groups excluding carboxylic acids is 1.